The minimum absolute atomic E-state index is 0.00275. The first-order valence-corrected chi connectivity index (χ1v) is 6.92. The van der Waals surface area contributed by atoms with E-state index in [2.05, 4.69) is 25.8 Å². The fraction of sp³-hybridized carbons (Fsp3) is 0.600. The predicted molar refractivity (Wildman–Crippen MR) is 76.8 cm³/mol. The third-order valence-corrected chi connectivity index (χ3v) is 3.73. The lowest BCUT2D eigenvalue weighted by atomic mass is 9.71. The second kappa shape index (κ2) is 5.31. The third-order valence-electron chi connectivity index (χ3n) is 3.73. The summed E-state index contributed by atoms with van der Waals surface area (Å²) in [5.74, 6) is -0.338. The number of carboxylic acids is 1. The van der Waals surface area contributed by atoms with E-state index in [9.17, 15) is 9.90 Å². The Bertz CT molecular complexity index is 514. The van der Waals surface area contributed by atoms with Crippen molar-refractivity contribution < 1.29 is 14.6 Å². The van der Waals surface area contributed by atoms with Crippen molar-refractivity contribution in [3.63, 3.8) is 0 Å². The van der Waals surface area contributed by atoms with Crippen LogP contribution in [0, 0.1) is 11.3 Å². The van der Waals surface area contributed by atoms with Crippen molar-refractivity contribution in [2.45, 2.75) is 46.1 Å². The summed E-state index contributed by atoms with van der Waals surface area (Å²) in [6.07, 6.45) is 4.42. The Balaban J connectivity index is 2.19. The number of carbonyl (C=O) groups is 1. The summed E-state index contributed by atoms with van der Waals surface area (Å²) in [7, 11) is 0. The van der Waals surface area contributed by atoms with Crippen LogP contribution in [0.25, 0.3) is 0 Å². The molecule has 0 spiro atoms. The Hall–Kier alpha value is -1.78. The van der Waals surface area contributed by atoms with Crippen molar-refractivity contribution in [3.05, 3.63) is 17.8 Å². The molecule has 0 radical (unpaired) electrons. The van der Waals surface area contributed by atoms with Gasteiger partial charge in [-0.25, -0.2) is 9.78 Å². The van der Waals surface area contributed by atoms with Crippen LogP contribution in [0.2, 0.25) is 0 Å². The number of carboxylic acid groups (broad SMARTS) is 1. The Morgan fingerprint density at radius 2 is 2.20 bits per heavy atom. The molecule has 5 nitrogen and oxygen atoms in total. The molecule has 2 rings (SSSR count). The molecule has 1 saturated carbocycles. The molecule has 0 bridgehead atoms. The van der Waals surface area contributed by atoms with Crippen molar-refractivity contribution in [1.82, 2.24) is 4.98 Å². The minimum Gasteiger partial charge on any atom is -0.477 e. The second-order valence-electron chi connectivity index (χ2n) is 6.58. The van der Waals surface area contributed by atoms with E-state index >= 15 is 0 Å². The number of hydrogen-bond donors (Lipinski definition) is 2. The molecule has 1 aromatic rings. The topological polar surface area (TPSA) is 85.4 Å². The van der Waals surface area contributed by atoms with E-state index in [1.165, 1.54) is 12.3 Å². The molecule has 5 heteroatoms. The van der Waals surface area contributed by atoms with Crippen molar-refractivity contribution >= 4 is 11.7 Å². The van der Waals surface area contributed by atoms with Crippen LogP contribution in [0.15, 0.2) is 12.3 Å². The smallest absolute Gasteiger partial charge is 0.341 e. The van der Waals surface area contributed by atoms with Gasteiger partial charge in [0.05, 0.1) is 11.9 Å². The van der Waals surface area contributed by atoms with Gasteiger partial charge < -0.3 is 15.6 Å². The molecule has 0 aromatic carbocycles. The van der Waals surface area contributed by atoms with Crippen LogP contribution in [0.3, 0.4) is 0 Å². The zero-order chi connectivity index (χ0) is 14.9. The molecule has 3 N–H and O–H groups in total. The van der Waals surface area contributed by atoms with E-state index in [1.54, 1.807) is 0 Å². The summed E-state index contributed by atoms with van der Waals surface area (Å²) in [4.78, 5) is 15.3. The summed E-state index contributed by atoms with van der Waals surface area (Å²) in [6.45, 7) is 6.63. The summed E-state index contributed by atoms with van der Waals surface area (Å²) < 4.78 is 5.86. The van der Waals surface area contributed by atoms with Gasteiger partial charge in [0.2, 0.25) is 5.88 Å². The molecule has 1 aromatic heterocycles. The van der Waals surface area contributed by atoms with E-state index in [4.69, 9.17) is 10.5 Å². The van der Waals surface area contributed by atoms with Gasteiger partial charge in [-0.15, -0.1) is 0 Å². The number of anilines is 1. The lowest BCUT2D eigenvalue weighted by Gasteiger charge is -2.38. The van der Waals surface area contributed by atoms with Gasteiger partial charge in [0, 0.05) is 0 Å². The standard InChI is InChI=1S/C15H22N2O3/c1-9-4-11(7-15(2,3)6-9)20-13-12(14(18)19)5-10(16)8-17-13/h5,8-9,11H,4,6-7,16H2,1-3H3,(H,18,19). The van der Waals surface area contributed by atoms with Gasteiger partial charge in [-0.05, 0) is 36.7 Å². The highest BCUT2D eigenvalue weighted by atomic mass is 16.5. The fourth-order valence-electron chi connectivity index (χ4n) is 3.22. The third kappa shape index (κ3) is 3.40. The Morgan fingerprint density at radius 1 is 1.50 bits per heavy atom. The first-order valence-electron chi connectivity index (χ1n) is 6.92. The van der Waals surface area contributed by atoms with Gasteiger partial charge in [-0.1, -0.05) is 20.8 Å². The number of aromatic nitrogens is 1. The number of ether oxygens (including phenoxy) is 1. The first-order chi connectivity index (χ1) is 9.27. The zero-order valence-corrected chi connectivity index (χ0v) is 12.2. The van der Waals surface area contributed by atoms with Gasteiger partial charge in [-0.2, -0.15) is 0 Å². The number of hydrogen-bond acceptors (Lipinski definition) is 4. The average molecular weight is 278 g/mol. The van der Waals surface area contributed by atoms with E-state index < -0.39 is 5.97 Å². The average Bonchev–Trinajstić information content (AvgIpc) is 2.28. The number of nitrogens with zero attached hydrogens (tertiary/aromatic N) is 1. The molecule has 1 aliphatic rings. The van der Waals surface area contributed by atoms with Crippen LogP contribution in [-0.4, -0.2) is 22.2 Å². The number of aromatic carboxylic acids is 1. The van der Waals surface area contributed by atoms with Crippen molar-refractivity contribution in [2.75, 3.05) is 5.73 Å². The van der Waals surface area contributed by atoms with Gasteiger partial charge >= 0.3 is 5.97 Å². The van der Waals surface area contributed by atoms with Crippen molar-refractivity contribution in [2.24, 2.45) is 11.3 Å². The van der Waals surface area contributed by atoms with Crippen LogP contribution in [0.1, 0.15) is 50.4 Å². The lowest BCUT2D eigenvalue weighted by Crippen LogP contribution is -2.34. The monoisotopic (exact) mass is 278 g/mol. The molecule has 110 valence electrons. The van der Waals surface area contributed by atoms with Crippen molar-refractivity contribution in [3.8, 4) is 5.88 Å². The van der Waals surface area contributed by atoms with Gasteiger partial charge in [0.15, 0.2) is 0 Å². The summed E-state index contributed by atoms with van der Waals surface area (Å²) in [5, 5.41) is 9.20. The molecule has 20 heavy (non-hydrogen) atoms. The first kappa shape index (κ1) is 14.6. The fourth-order valence-corrected chi connectivity index (χ4v) is 3.22. The van der Waals surface area contributed by atoms with Crippen LogP contribution >= 0.6 is 0 Å². The van der Waals surface area contributed by atoms with E-state index in [0.29, 0.717) is 11.6 Å². The SMILES string of the molecule is CC1CC(Oc2ncc(N)cc2C(=O)O)CC(C)(C)C1. The van der Waals surface area contributed by atoms with Crippen molar-refractivity contribution in [1.29, 1.82) is 0 Å². The Kier molecular flexibility index (Phi) is 3.88. The second-order valence-corrected chi connectivity index (χ2v) is 6.58. The lowest BCUT2D eigenvalue weighted by molar-refractivity contribution is 0.0504. The van der Waals surface area contributed by atoms with Gasteiger partial charge in [0.25, 0.3) is 0 Å². The zero-order valence-electron chi connectivity index (χ0n) is 12.2. The van der Waals surface area contributed by atoms with Crippen LogP contribution in [-0.2, 0) is 0 Å². The molecule has 1 fully saturated rings. The van der Waals surface area contributed by atoms with Crippen LogP contribution < -0.4 is 10.5 Å². The minimum atomic E-state index is -1.07. The van der Waals surface area contributed by atoms with E-state index in [0.717, 1.165) is 19.3 Å². The highest BCUT2D eigenvalue weighted by Crippen LogP contribution is 2.40. The highest BCUT2D eigenvalue weighted by Gasteiger charge is 2.34. The van der Waals surface area contributed by atoms with E-state index in [-0.39, 0.29) is 23.0 Å². The largest absolute Gasteiger partial charge is 0.477 e. The number of nitrogens with two attached hydrogens (primary N) is 1. The maximum Gasteiger partial charge on any atom is 0.341 e. The molecular formula is C15H22N2O3. The summed E-state index contributed by atoms with van der Waals surface area (Å²) in [5.41, 5.74) is 6.14. The van der Waals surface area contributed by atoms with Crippen LogP contribution in [0.4, 0.5) is 5.69 Å². The molecular weight excluding hydrogens is 256 g/mol. The molecule has 0 saturated heterocycles. The maximum absolute atomic E-state index is 11.2. The van der Waals surface area contributed by atoms with Crippen LogP contribution in [0.5, 0.6) is 5.88 Å². The summed E-state index contributed by atoms with van der Waals surface area (Å²) in [6, 6.07) is 1.39. The molecule has 0 aliphatic heterocycles. The molecule has 1 heterocycles. The van der Waals surface area contributed by atoms with Gasteiger partial charge in [-0.3, -0.25) is 0 Å². The molecule has 0 amide bonds. The molecule has 1 aliphatic carbocycles. The Labute approximate surface area is 119 Å². The molecule has 2 atom stereocenters. The predicted octanol–water partition coefficient (Wildman–Crippen LogP) is 2.96. The quantitative estimate of drug-likeness (QED) is 0.887. The number of pyridine rings is 1. The summed E-state index contributed by atoms with van der Waals surface area (Å²) >= 11 is 0. The highest BCUT2D eigenvalue weighted by molar-refractivity contribution is 5.91. The normalized spacial score (nSPS) is 25.1. The molecule has 2 unspecified atom stereocenters. The Morgan fingerprint density at radius 3 is 2.80 bits per heavy atom. The number of rotatable bonds is 3. The van der Waals surface area contributed by atoms with Gasteiger partial charge in [0.1, 0.15) is 11.7 Å². The van der Waals surface area contributed by atoms with E-state index in [1.807, 2.05) is 0 Å². The maximum atomic E-state index is 11.2. The number of nitrogen functional groups attached to an aromatic ring is 1.